The maximum atomic E-state index is 5.46. The third-order valence-corrected chi connectivity index (χ3v) is 2.34. The van der Waals surface area contributed by atoms with Crippen LogP contribution in [0.25, 0.3) is 0 Å². The maximum absolute atomic E-state index is 5.46. The molecule has 2 atom stereocenters. The van der Waals surface area contributed by atoms with Gasteiger partial charge in [0.05, 0.1) is 12.2 Å². The lowest BCUT2D eigenvalue weighted by atomic mass is 10.3. The van der Waals surface area contributed by atoms with E-state index in [0.717, 1.165) is 19.6 Å². The molecule has 1 heterocycles. The van der Waals surface area contributed by atoms with Gasteiger partial charge in [-0.1, -0.05) is 0 Å². The van der Waals surface area contributed by atoms with Crippen LogP contribution in [0, 0.1) is 0 Å². The minimum absolute atomic E-state index is 0.210. The quantitative estimate of drug-likeness (QED) is 0.611. The van der Waals surface area contributed by atoms with Crippen LogP contribution < -0.4 is 5.73 Å². The monoisotopic (exact) mass is 174 g/mol. The van der Waals surface area contributed by atoms with Gasteiger partial charge in [0.15, 0.2) is 0 Å². The van der Waals surface area contributed by atoms with E-state index in [1.165, 1.54) is 0 Å². The molecule has 1 aliphatic heterocycles. The summed E-state index contributed by atoms with van der Waals surface area (Å²) in [5.74, 6) is 0. The van der Waals surface area contributed by atoms with Gasteiger partial charge >= 0.3 is 0 Å². The van der Waals surface area contributed by atoms with Crippen molar-refractivity contribution in [2.75, 3.05) is 40.4 Å². The lowest BCUT2D eigenvalue weighted by Gasteiger charge is -2.13. The summed E-state index contributed by atoms with van der Waals surface area (Å²) >= 11 is 0. The predicted octanol–water partition coefficient (Wildman–Crippen LogP) is -0.709. The molecule has 0 aliphatic carbocycles. The molecule has 1 fully saturated rings. The maximum Gasteiger partial charge on any atom is 0.0971 e. The summed E-state index contributed by atoms with van der Waals surface area (Å²) in [5.41, 5.74) is 5.46. The molecule has 0 bridgehead atoms. The van der Waals surface area contributed by atoms with Crippen LogP contribution in [0.4, 0.5) is 0 Å². The first-order valence-corrected chi connectivity index (χ1v) is 4.29. The van der Waals surface area contributed by atoms with Crippen molar-refractivity contribution in [1.82, 2.24) is 4.90 Å². The number of ether oxygens (including phenoxy) is 2. The van der Waals surface area contributed by atoms with Crippen LogP contribution in [-0.4, -0.2) is 57.5 Å². The minimum Gasteiger partial charge on any atom is -0.377 e. The van der Waals surface area contributed by atoms with Gasteiger partial charge in [0.25, 0.3) is 0 Å². The molecule has 12 heavy (non-hydrogen) atoms. The van der Waals surface area contributed by atoms with Gasteiger partial charge in [0.2, 0.25) is 0 Å². The van der Waals surface area contributed by atoms with E-state index in [9.17, 15) is 0 Å². The van der Waals surface area contributed by atoms with Gasteiger partial charge in [-0.3, -0.25) is 4.90 Å². The number of nitrogens with zero attached hydrogens (tertiary/aromatic N) is 1. The first kappa shape index (κ1) is 9.92. The van der Waals surface area contributed by atoms with Crippen LogP contribution in [0.3, 0.4) is 0 Å². The number of hydrogen-bond acceptors (Lipinski definition) is 4. The topological polar surface area (TPSA) is 47.7 Å². The second-order valence-corrected chi connectivity index (χ2v) is 3.10. The number of hydrogen-bond donors (Lipinski definition) is 1. The van der Waals surface area contributed by atoms with Crippen LogP contribution >= 0.6 is 0 Å². The highest BCUT2D eigenvalue weighted by Gasteiger charge is 2.31. The summed E-state index contributed by atoms with van der Waals surface area (Å²) in [4.78, 5) is 2.27. The second-order valence-electron chi connectivity index (χ2n) is 3.10. The lowest BCUT2D eigenvalue weighted by Crippen LogP contribution is -2.28. The molecule has 0 aromatic heterocycles. The van der Waals surface area contributed by atoms with Crippen molar-refractivity contribution in [3.8, 4) is 0 Å². The van der Waals surface area contributed by atoms with Crippen molar-refractivity contribution >= 4 is 0 Å². The zero-order valence-electron chi connectivity index (χ0n) is 7.82. The van der Waals surface area contributed by atoms with Gasteiger partial charge < -0.3 is 15.2 Å². The van der Waals surface area contributed by atoms with E-state index < -0.39 is 0 Å². The Morgan fingerprint density at radius 2 is 1.75 bits per heavy atom. The van der Waals surface area contributed by atoms with Crippen LogP contribution in [-0.2, 0) is 9.47 Å². The zero-order valence-corrected chi connectivity index (χ0v) is 7.82. The Morgan fingerprint density at radius 1 is 1.25 bits per heavy atom. The van der Waals surface area contributed by atoms with E-state index in [1.807, 2.05) is 0 Å². The van der Waals surface area contributed by atoms with Crippen molar-refractivity contribution in [3.63, 3.8) is 0 Å². The molecule has 72 valence electrons. The third kappa shape index (κ3) is 2.17. The summed E-state index contributed by atoms with van der Waals surface area (Å²) in [6.07, 6.45) is 0.420. The molecule has 0 aromatic rings. The molecule has 1 rings (SSSR count). The smallest absolute Gasteiger partial charge is 0.0971 e. The van der Waals surface area contributed by atoms with Crippen molar-refractivity contribution in [1.29, 1.82) is 0 Å². The molecule has 4 nitrogen and oxygen atoms in total. The molecular formula is C8H18N2O2. The number of nitrogens with two attached hydrogens (primary N) is 1. The van der Waals surface area contributed by atoms with Crippen LogP contribution in [0.1, 0.15) is 0 Å². The fraction of sp³-hybridized carbons (Fsp3) is 1.00. The SMILES string of the molecule is CO[C@@H]1CN(CCN)C[C@H]1OC. The Labute approximate surface area is 73.6 Å². The van der Waals surface area contributed by atoms with Gasteiger partial charge in [-0.2, -0.15) is 0 Å². The van der Waals surface area contributed by atoms with Gasteiger partial charge in [0.1, 0.15) is 0 Å². The summed E-state index contributed by atoms with van der Waals surface area (Å²) in [7, 11) is 3.45. The van der Waals surface area contributed by atoms with E-state index in [-0.39, 0.29) is 12.2 Å². The van der Waals surface area contributed by atoms with Gasteiger partial charge in [-0.05, 0) is 0 Å². The molecule has 2 N–H and O–H groups in total. The highest BCUT2D eigenvalue weighted by Crippen LogP contribution is 2.14. The fourth-order valence-electron chi connectivity index (χ4n) is 1.64. The summed E-state index contributed by atoms with van der Waals surface area (Å²) in [5, 5.41) is 0. The van der Waals surface area contributed by atoms with Crippen molar-refractivity contribution in [3.05, 3.63) is 0 Å². The summed E-state index contributed by atoms with van der Waals surface area (Å²) in [6.45, 7) is 3.50. The van der Waals surface area contributed by atoms with E-state index in [4.69, 9.17) is 15.2 Å². The van der Waals surface area contributed by atoms with Gasteiger partial charge in [0, 0.05) is 40.4 Å². The Bertz CT molecular complexity index is 120. The Hall–Kier alpha value is -0.160. The summed E-state index contributed by atoms with van der Waals surface area (Å²) in [6, 6.07) is 0. The molecule has 0 unspecified atom stereocenters. The molecule has 4 heteroatoms. The van der Waals surface area contributed by atoms with Crippen molar-refractivity contribution < 1.29 is 9.47 Å². The predicted molar refractivity (Wildman–Crippen MR) is 47.1 cm³/mol. The molecule has 0 spiro atoms. The molecule has 0 aromatic carbocycles. The largest absolute Gasteiger partial charge is 0.377 e. The average Bonchev–Trinajstić information content (AvgIpc) is 2.48. The summed E-state index contributed by atoms with van der Waals surface area (Å²) < 4.78 is 10.6. The van der Waals surface area contributed by atoms with E-state index in [1.54, 1.807) is 14.2 Å². The fourth-order valence-corrected chi connectivity index (χ4v) is 1.64. The van der Waals surface area contributed by atoms with Crippen molar-refractivity contribution in [2.45, 2.75) is 12.2 Å². The normalized spacial score (nSPS) is 31.2. The van der Waals surface area contributed by atoms with Crippen LogP contribution in [0.2, 0.25) is 0 Å². The van der Waals surface area contributed by atoms with Crippen LogP contribution in [0.5, 0.6) is 0 Å². The molecule has 1 saturated heterocycles. The average molecular weight is 174 g/mol. The number of rotatable bonds is 4. The zero-order chi connectivity index (χ0) is 8.97. The molecule has 1 aliphatic rings. The van der Waals surface area contributed by atoms with Crippen molar-refractivity contribution in [2.24, 2.45) is 5.73 Å². The molecular weight excluding hydrogens is 156 g/mol. The second kappa shape index (κ2) is 4.77. The van der Waals surface area contributed by atoms with E-state index >= 15 is 0 Å². The standard InChI is InChI=1S/C8H18N2O2/c1-11-7-5-10(4-3-9)6-8(7)12-2/h7-8H,3-6,9H2,1-2H3/t7-,8-/m1/s1. The molecule has 0 amide bonds. The Morgan fingerprint density at radius 3 is 2.08 bits per heavy atom. The minimum atomic E-state index is 0.210. The third-order valence-electron chi connectivity index (χ3n) is 2.34. The highest BCUT2D eigenvalue weighted by molar-refractivity contribution is 4.85. The number of methoxy groups -OCH3 is 2. The first-order valence-electron chi connectivity index (χ1n) is 4.29. The molecule has 0 saturated carbocycles. The van der Waals surface area contributed by atoms with Crippen LogP contribution in [0.15, 0.2) is 0 Å². The Kier molecular flexibility index (Phi) is 3.94. The van der Waals surface area contributed by atoms with Gasteiger partial charge in [-0.15, -0.1) is 0 Å². The van der Waals surface area contributed by atoms with Gasteiger partial charge in [-0.25, -0.2) is 0 Å². The first-order chi connectivity index (χ1) is 5.81. The van der Waals surface area contributed by atoms with E-state index in [2.05, 4.69) is 4.90 Å². The highest BCUT2D eigenvalue weighted by atomic mass is 16.5. The Balaban J connectivity index is 2.36. The lowest BCUT2D eigenvalue weighted by molar-refractivity contribution is -0.00461. The molecule has 0 radical (unpaired) electrons. The van der Waals surface area contributed by atoms with E-state index in [0.29, 0.717) is 6.54 Å². The number of likely N-dealkylation sites (tertiary alicyclic amines) is 1.